The predicted molar refractivity (Wildman–Crippen MR) is 121 cm³/mol. The average Bonchev–Trinajstić information content (AvgIpc) is 3.40. The number of para-hydroxylation sites is 1. The van der Waals surface area contributed by atoms with Gasteiger partial charge in [0.05, 0.1) is 36.9 Å². The van der Waals surface area contributed by atoms with Crippen molar-refractivity contribution in [2.24, 2.45) is 11.8 Å². The molecule has 0 spiro atoms. The van der Waals surface area contributed by atoms with Crippen LogP contribution in [0.5, 0.6) is 11.5 Å². The molecule has 0 bridgehead atoms. The van der Waals surface area contributed by atoms with Crippen molar-refractivity contribution in [3.05, 3.63) is 54.4 Å². The number of pyridine rings is 1. The van der Waals surface area contributed by atoms with Crippen LogP contribution in [0.15, 0.2) is 52.9 Å². The molecule has 0 N–H and O–H groups in total. The summed E-state index contributed by atoms with van der Waals surface area (Å²) in [6.45, 7) is 1.99. The van der Waals surface area contributed by atoms with Crippen LogP contribution in [0.25, 0.3) is 33.6 Å². The first kappa shape index (κ1) is 20.9. The summed E-state index contributed by atoms with van der Waals surface area (Å²) in [5.74, 6) is 1.99. The number of ether oxygens (including phenoxy) is 3. The Morgan fingerprint density at radius 1 is 1.06 bits per heavy atom. The van der Waals surface area contributed by atoms with Gasteiger partial charge in [0.2, 0.25) is 5.89 Å². The van der Waals surface area contributed by atoms with E-state index in [1.165, 1.54) is 0 Å². The third-order valence-corrected chi connectivity index (χ3v) is 5.84. The van der Waals surface area contributed by atoms with Gasteiger partial charge in [0.15, 0.2) is 18.1 Å². The van der Waals surface area contributed by atoms with Gasteiger partial charge in [-0.15, -0.1) is 10.2 Å². The second kappa shape index (κ2) is 8.54. The Bertz CT molecular complexity index is 1330. The summed E-state index contributed by atoms with van der Waals surface area (Å²) in [6, 6.07) is 15.3. The lowest BCUT2D eigenvalue weighted by atomic mass is 10.0. The van der Waals surface area contributed by atoms with E-state index in [-0.39, 0.29) is 24.4 Å². The van der Waals surface area contributed by atoms with E-state index in [2.05, 4.69) is 10.2 Å². The standard InChI is InChI=1S/C25H23N3O5/c1-14-10-17(14)25(29)32-13-23-27-28-24(33-23)18-12-20(26-19-7-5-4-6-16(18)19)15-8-9-21(30-2)22(11-15)31-3/h4-9,11-12,14,17H,10,13H2,1-3H3/t14-,17-/m0/s1. The van der Waals surface area contributed by atoms with E-state index in [4.69, 9.17) is 23.6 Å². The van der Waals surface area contributed by atoms with Gasteiger partial charge in [-0.3, -0.25) is 4.79 Å². The number of carbonyl (C=O) groups is 1. The van der Waals surface area contributed by atoms with Gasteiger partial charge in [0.1, 0.15) is 0 Å². The number of methoxy groups -OCH3 is 2. The zero-order chi connectivity index (χ0) is 22.9. The number of carbonyl (C=O) groups excluding carboxylic acids is 1. The molecule has 0 amide bonds. The van der Waals surface area contributed by atoms with Gasteiger partial charge in [-0.05, 0) is 42.7 Å². The monoisotopic (exact) mass is 445 g/mol. The van der Waals surface area contributed by atoms with Crippen LogP contribution in [0.3, 0.4) is 0 Å². The number of esters is 1. The molecule has 0 unspecified atom stereocenters. The van der Waals surface area contributed by atoms with Gasteiger partial charge in [-0.2, -0.15) is 0 Å². The second-order valence-corrected chi connectivity index (χ2v) is 8.07. The molecule has 0 saturated heterocycles. The van der Waals surface area contributed by atoms with E-state index in [0.29, 0.717) is 23.3 Å². The summed E-state index contributed by atoms with van der Waals surface area (Å²) in [5, 5.41) is 9.15. The highest BCUT2D eigenvalue weighted by Crippen LogP contribution is 2.39. The minimum absolute atomic E-state index is 0.0134. The molecule has 1 saturated carbocycles. The first-order valence-corrected chi connectivity index (χ1v) is 10.7. The summed E-state index contributed by atoms with van der Waals surface area (Å²) < 4.78 is 22.0. The third-order valence-electron chi connectivity index (χ3n) is 5.84. The van der Waals surface area contributed by atoms with Crippen molar-refractivity contribution in [1.82, 2.24) is 15.2 Å². The SMILES string of the molecule is COc1ccc(-c2cc(-c3nnc(COC(=O)[C@H]4C[C@@H]4C)o3)c3ccccc3n2)cc1OC. The molecule has 2 aromatic carbocycles. The van der Waals surface area contributed by atoms with E-state index in [0.717, 1.165) is 34.1 Å². The Morgan fingerprint density at radius 2 is 1.85 bits per heavy atom. The molecule has 5 rings (SSSR count). The number of hydrogen-bond donors (Lipinski definition) is 0. The maximum absolute atomic E-state index is 12.0. The van der Waals surface area contributed by atoms with Gasteiger partial charge in [0.25, 0.3) is 5.89 Å². The zero-order valence-electron chi connectivity index (χ0n) is 18.6. The third kappa shape index (κ3) is 4.11. The highest BCUT2D eigenvalue weighted by Gasteiger charge is 2.40. The fourth-order valence-corrected chi connectivity index (χ4v) is 3.81. The molecule has 4 aromatic rings. The van der Waals surface area contributed by atoms with Crippen LogP contribution in [0.2, 0.25) is 0 Å². The van der Waals surface area contributed by atoms with Crippen molar-refractivity contribution in [1.29, 1.82) is 0 Å². The normalized spacial score (nSPS) is 17.1. The Kier molecular flexibility index (Phi) is 5.42. The summed E-state index contributed by atoms with van der Waals surface area (Å²) in [6.07, 6.45) is 0.871. The van der Waals surface area contributed by atoms with E-state index in [9.17, 15) is 4.79 Å². The molecule has 8 heteroatoms. The zero-order valence-corrected chi connectivity index (χ0v) is 18.6. The van der Waals surface area contributed by atoms with E-state index in [1.54, 1.807) is 14.2 Å². The molecule has 0 radical (unpaired) electrons. The molecule has 8 nitrogen and oxygen atoms in total. The van der Waals surface area contributed by atoms with Gasteiger partial charge < -0.3 is 18.6 Å². The Hall–Kier alpha value is -3.94. The lowest BCUT2D eigenvalue weighted by molar-refractivity contribution is -0.147. The average molecular weight is 445 g/mol. The second-order valence-electron chi connectivity index (χ2n) is 8.07. The number of aromatic nitrogens is 3. The molecule has 0 aliphatic heterocycles. The lowest BCUT2D eigenvalue weighted by Crippen LogP contribution is -2.07. The maximum Gasteiger partial charge on any atom is 0.309 e. The van der Waals surface area contributed by atoms with Gasteiger partial charge in [-0.1, -0.05) is 25.1 Å². The van der Waals surface area contributed by atoms with Crippen molar-refractivity contribution in [3.8, 4) is 34.2 Å². The van der Waals surface area contributed by atoms with Crippen molar-refractivity contribution < 1.29 is 23.4 Å². The molecule has 1 aliphatic rings. The minimum Gasteiger partial charge on any atom is -0.493 e. The molecule has 2 aromatic heterocycles. The van der Waals surface area contributed by atoms with Crippen LogP contribution in [0, 0.1) is 11.8 Å². The Labute approximate surface area is 190 Å². The first-order chi connectivity index (χ1) is 16.1. The lowest BCUT2D eigenvalue weighted by Gasteiger charge is -2.11. The smallest absolute Gasteiger partial charge is 0.309 e. The van der Waals surface area contributed by atoms with Gasteiger partial charge in [0, 0.05) is 10.9 Å². The molecule has 33 heavy (non-hydrogen) atoms. The molecule has 1 aliphatic carbocycles. The highest BCUT2D eigenvalue weighted by atomic mass is 16.5. The fraction of sp³-hybridized carbons (Fsp3) is 0.280. The topological polar surface area (TPSA) is 96.6 Å². The summed E-state index contributed by atoms with van der Waals surface area (Å²) in [7, 11) is 3.19. The number of benzene rings is 2. The molecule has 1 fully saturated rings. The minimum atomic E-state index is -0.215. The van der Waals surface area contributed by atoms with Crippen LogP contribution in [0.1, 0.15) is 19.2 Å². The van der Waals surface area contributed by atoms with Crippen molar-refractivity contribution >= 4 is 16.9 Å². The van der Waals surface area contributed by atoms with Crippen LogP contribution in [-0.2, 0) is 16.1 Å². The largest absolute Gasteiger partial charge is 0.493 e. The van der Waals surface area contributed by atoms with Crippen LogP contribution >= 0.6 is 0 Å². The number of hydrogen-bond acceptors (Lipinski definition) is 8. The number of nitrogens with zero attached hydrogens (tertiary/aromatic N) is 3. The van der Waals surface area contributed by atoms with E-state index in [1.807, 2.05) is 55.5 Å². The van der Waals surface area contributed by atoms with Gasteiger partial charge >= 0.3 is 5.97 Å². The Morgan fingerprint density at radius 3 is 2.61 bits per heavy atom. The highest BCUT2D eigenvalue weighted by molar-refractivity contribution is 5.94. The summed E-state index contributed by atoms with van der Waals surface area (Å²) in [4.78, 5) is 16.8. The first-order valence-electron chi connectivity index (χ1n) is 10.7. The molecule has 2 atom stereocenters. The quantitative estimate of drug-likeness (QED) is 0.379. The molecular weight excluding hydrogens is 422 g/mol. The molecule has 2 heterocycles. The van der Waals surface area contributed by atoms with Gasteiger partial charge in [-0.25, -0.2) is 4.98 Å². The van der Waals surface area contributed by atoms with Crippen molar-refractivity contribution in [3.63, 3.8) is 0 Å². The molecule has 168 valence electrons. The predicted octanol–water partition coefficient (Wildman–Crippen LogP) is 4.67. The van der Waals surface area contributed by atoms with Crippen molar-refractivity contribution in [2.45, 2.75) is 20.0 Å². The number of fused-ring (bicyclic) bond motifs is 1. The van der Waals surface area contributed by atoms with Crippen LogP contribution in [-0.4, -0.2) is 35.4 Å². The van der Waals surface area contributed by atoms with E-state index < -0.39 is 0 Å². The Balaban J connectivity index is 1.49. The van der Waals surface area contributed by atoms with Crippen molar-refractivity contribution in [2.75, 3.05) is 14.2 Å². The summed E-state index contributed by atoms with van der Waals surface area (Å²) in [5.41, 5.74) is 3.10. The van der Waals surface area contributed by atoms with Crippen LogP contribution < -0.4 is 9.47 Å². The molecular formula is C25H23N3O5. The number of rotatable bonds is 7. The van der Waals surface area contributed by atoms with Crippen LogP contribution in [0.4, 0.5) is 0 Å². The summed E-state index contributed by atoms with van der Waals surface area (Å²) >= 11 is 0. The van der Waals surface area contributed by atoms with E-state index >= 15 is 0 Å². The maximum atomic E-state index is 12.0. The fourth-order valence-electron chi connectivity index (χ4n) is 3.81.